The topological polar surface area (TPSA) is 101 Å². The molecule has 0 bridgehead atoms. The Labute approximate surface area is 162 Å². The Bertz CT molecular complexity index is 1060. The number of benzene rings is 2. The Kier molecular flexibility index (Phi) is 5.79. The molecule has 27 heavy (non-hydrogen) atoms. The molecule has 6 nitrogen and oxygen atoms in total. The number of hydrogen-bond donors (Lipinski definition) is 3. The first-order chi connectivity index (χ1) is 12.8. The second kappa shape index (κ2) is 8.08. The molecule has 0 saturated carbocycles. The monoisotopic (exact) mass is 403 g/mol. The van der Waals surface area contributed by atoms with Crippen LogP contribution in [-0.2, 0) is 16.4 Å². The Balaban J connectivity index is 1.55. The van der Waals surface area contributed by atoms with Crippen LogP contribution in [0.25, 0.3) is 10.1 Å². The molecule has 1 heterocycles. The lowest BCUT2D eigenvalue weighted by atomic mass is 10.1. The molecule has 2 amide bonds. The van der Waals surface area contributed by atoms with Gasteiger partial charge in [0, 0.05) is 11.2 Å². The summed E-state index contributed by atoms with van der Waals surface area (Å²) < 4.78 is 24.1. The zero-order chi connectivity index (χ0) is 19.4. The molecule has 0 spiro atoms. The van der Waals surface area contributed by atoms with Crippen molar-refractivity contribution in [1.29, 1.82) is 0 Å². The summed E-state index contributed by atoms with van der Waals surface area (Å²) in [5.41, 5.74) is 1.88. The first-order valence-electron chi connectivity index (χ1n) is 8.47. The first-order valence-corrected chi connectivity index (χ1v) is 10.9. The zero-order valence-corrected chi connectivity index (χ0v) is 16.4. The molecular formula is C19H21N3O3S2. The van der Waals surface area contributed by atoms with Crippen molar-refractivity contribution < 1.29 is 13.2 Å². The molecule has 1 aromatic heterocycles. The van der Waals surface area contributed by atoms with Gasteiger partial charge in [0.25, 0.3) is 0 Å². The van der Waals surface area contributed by atoms with Crippen LogP contribution in [0.2, 0.25) is 0 Å². The molecule has 8 heteroatoms. The normalized spacial score (nSPS) is 12.7. The molecule has 3 rings (SSSR count). The maximum atomic E-state index is 12.1. The highest BCUT2D eigenvalue weighted by Gasteiger charge is 2.13. The lowest BCUT2D eigenvalue weighted by Gasteiger charge is -2.15. The highest BCUT2D eigenvalue weighted by Crippen LogP contribution is 2.25. The number of fused-ring (bicyclic) bond motifs is 1. The van der Waals surface area contributed by atoms with Crippen molar-refractivity contribution in [3.8, 4) is 0 Å². The van der Waals surface area contributed by atoms with Gasteiger partial charge in [-0.05, 0) is 53.4 Å². The number of primary sulfonamides is 1. The van der Waals surface area contributed by atoms with Crippen molar-refractivity contribution in [1.82, 2.24) is 10.6 Å². The molecule has 2 aromatic carbocycles. The molecule has 0 aliphatic rings. The van der Waals surface area contributed by atoms with Crippen molar-refractivity contribution >= 4 is 37.5 Å². The van der Waals surface area contributed by atoms with Crippen LogP contribution < -0.4 is 15.8 Å². The summed E-state index contributed by atoms with van der Waals surface area (Å²) in [5.74, 6) is 0. The molecule has 142 valence electrons. The molecule has 1 unspecified atom stereocenters. The van der Waals surface area contributed by atoms with Crippen molar-refractivity contribution in [2.24, 2.45) is 5.14 Å². The predicted molar refractivity (Wildman–Crippen MR) is 108 cm³/mol. The highest BCUT2D eigenvalue weighted by molar-refractivity contribution is 7.89. The van der Waals surface area contributed by atoms with Gasteiger partial charge < -0.3 is 10.6 Å². The van der Waals surface area contributed by atoms with E-state index in [-0.39, 0.29) is 17.0 Å². The molecule has 0 fully saturated rings. The molecule has 0 aliphatic heterocycles. The Morgan fingerprint density at radius 1 is 1.19 bits per heavy atom. The lowest BCUT2D eigenvalue weighted by Crippen LogP contribution is -2.38. The van der Waals surface area contributed by atoms with Gasteiger partial charge in [-0.15, -0.1) is 11.3 Å². The Hall–Kier alpha value is -2.42. The van der Waals surface area contributed by atoms with Gasteiger partial charge >= 0.3 is 6.03 Å². The summed E-state index contributed by atoms with van der Waals surface area (Å²) in [6.45, 7) is 2.30. The van der Waals surface area contributed by atoms with E-state index in [1.807, 2.05) is 12.1 Å². The highest BCUT2D eigenvalue weighted by atomic mass is 32.2. The van der Waals surface area contributed by atoms with E-state index in [9.17, 15) is 13.2 Å². The summed E-state index contributed by atoms with van der Waals surface area (Å²) >= 11 is 1.70. The number of rotatable bonds is 6. The average molecular weight is 404 g/mol. The smallest absolute Gasteiger partial charge is 0.315 e. The Morgan fingerprint density at radius 3 is 2.74 bits per heavy atom. The van der Waals surface area contributed by atoms with Crippen LogP contribution in [0.4, 0.5) is 4.79 Å². The van der Waals surface area contributed by atoms with Gasteiger partial charge in [-0.3, -0.25) is 0 Å². The Morgan fingerprint density at radius 2 is 1.96 bits per heavy atom. The van der Waals surface area contributed by atoms with Crippen LogP contribution in [0.1, 0.15) is 24.1 Å². The van der Waals surface area contributed by atoms with Crippen molar-refractivity contribution in [3.63, 3.8) is 0 Å². The van der Waals surface area contributed by atoms with E-state index in [0.717, 1.165) is 6.42 Å². The van der Waals surface area contributed by atoms with Crippen LogP contribution >= 0.6 is 11.3 Å². The number of urea groups is 1. The molecule has 0 aliphatic carbocycles. The van der Waals surface area contributed by atoms with Crippen molar-refractivity contribution in [3.05, 3.63) is 65.0 Å². The van der Waals surface area contributed by atoms with E-state index in [2.05, 4.69) is 28.1 Å². The van der Waals surface area contributed by atoms with Gasteiger partial charge in [0.05, 0.1) is 10.9 Å². The van der Waals surface area contributed by atoms with Gasteiger partial charge in [-0.25, -0.2) is 18.4 Å². The SMILES string of the molecule is CC(NC(=O)NCCc1csc2ccccc12)c1cccc(S(N)(=O)=O)c1. The summed E-state index contributed by atoms with van der Waals surface area (Å²) in [4.78, 5) is 12.2. The maximum Gasteiger partial charge on any atom is 0.315 e. The van der Waals surface area contributed by atoms with E-state index in [0.29, 0.717) is 12.1 Å². The van der Waals surface area contributed by atoms with Gasteiger partial charge in [0.2, 0.25) is 10.0 Å². The molecule has 3 aromatic rings. The van der Waals surface area contributed by atoms with E-state index >= 15 is 0 Å². The maximum absolute atomic E-state index is 12.1. The summed E-state index contributed by atoms with van der Waals surface area (Å²) in [7, 11) is -3.77. The fourth-order valence-corrected chi connectivity index (χ4v) is 4.39. The quantitative estimate of drug-likeness (QED) is 0.589. The largest absolute Gasteiger partial charge is 0.338 e. The third kappa shape index (κ3) is 4.85. The van der Waals surface area contributed by atoms with Crippen LogP contribution in [-0.4, -0.2) is 21.0 Å². The zero-order valence-electron chi connectivity index (χ0n) is 14.8. The number of carbonyl (C=O) groups is 1. The number of thiophene rings is 1. The van der Waals surface area contributed by atoms with Crippen molar-refractivity contribution in [2.45, 2.75) is 24.3 Å². The van der Waals surface area contributed by atoms with Gasteiger partial charge in [-0.1, -0.05) is 30.3 Å². The molecular weight excluding hydrogens is 382 g/mol. The number of carbonyl (C=O) groups excluding carboxylic acids is 1. The fraction of sp³-hybridized carbons (Fsp3) is 0.211. The predicted octanol–water partition coefficient (Wildman–Crippen LogP) is 3.15. The van der Waals surface area contributed by atoms with Crippen LogP contribution in [0.5, 0.6) is 0 Å². The summed E-state index contributed by atoms with van der Waals surface area (Å²) in [6.07, 6.45) is 0.743. The van der Waals surface area contributed by atoms with E-state index in [1.54, 1.807) is 30.4 Å². The second-order valence-corrected chi connectivity index (χ2v) is 8.72. The lowest BCUT2D eigenvalue weighted by molar-refractivity contribution is 0.238. The van der Waals surface area contributed by atoms with Gasteiger partial charge in [0.15, 0.2) is 0 Å². The van der Waals surface area contributed by atoms with Crippen LogP contribution in [0.15, 0.2) is 58.8 Å². The number of amides is 2. The van der Waals surface area contributed by atoms with Crippen LogP contribution in [0.3, 0.4) is 0 Å². The molecule has 0 radical (unpaired) electrons. The summed E-state index contributed by atoms with van der Waals surface area (Å²) in [6, 6.07) is 13.8. The average Bonchev–Trinajstić information content (AvgIpc) is 3.04. The van der Waals surface area contributed by atoms with Crippen molar-refractivity contribution in [2.75, 3.05) is 6.54 Å². The minimum Gasteiger partial charge on any atom is -0.338 e. The van der Waals surface area contributed by atoms with E-state index < -0.39 is 10.0 Å². The van der Waals surface area contributed by atoms with Gasteiger partial charge in [-0.2, -0.15) is 0 Å². The standard InChI is InChI=1S/C19H21N3O3S2/c1-13(14-5-4-6-16(11-14)27(20,24)25)22-19(23)21-10-9-15-12-26-18-8-3-2-7-17(15)18/h2-8,11-13H,9-10H2,1H3,(H2,20,24,25)(H2,21,22,23). The van der Waals surface area contributed by atoms with E-state index in [1.165, 1.54) is 27.8 Å². The number of sulfonamides is 1. The minimum absolute atomic E-state index is 0.0263. The minimum atomic E-state index is -3.77. The molecule has 1 atom stereocenters. The summed E-state index contributed by atoms with van der Waals surface area (Å²) in [5, 5.41) is 14.1. The second-order valence-electron chi connectivity index (χ2n) is 6.25. The fourth-order valence-electron chi connectivity index (χ4n) is 2.83. The number of nitrogens with one attached hydrogen (secondary N) is 2. The third-order valence-corrected chi connectivity index (χ3v) is 6.20. The third-order valence-electron chi connectivity index (χ3n) is 4.28. The first kappa shape index (κ1) is 19.3. The van der Waals surface area contributed by atoms with Gasteiger partial charge in [0.1, 0.15) is 0 Å². The number of hydrogen-bond acceptors (Lipinski definition) is 4. The number of nitrogens with two attached hydrogens (primary N) is 1. The van der Waals surface area contributed by atoms with Crippen LogP contribution in [0, 0.1) is 0 Å². The molecule has 0 saturated heterocycles. The van der Waals surface area contributed by atoms with E-state index in [4.69, 9.17) is 5.14 Å². The molecule has 4 N–H and O–H groups in total.